The first kappa shape index (κ1) is 14.7. The van der Waals surface area contributed by atoms with Crippen molar-refractivity contribution in [2.45, 2.75) is 45.1 Å². The summed E-state index contributed by atoms with van der Waals surface area (Å²) in [6.45, 7) is 3.24. The Balaban J connectivity index is 2.01. The van der Waals surface area contributed by atoms with Crippen molar-refractivity contribution in [3.05, 3.63) is 28.8 Å². The van der Waals surface area contributed by atoms with Crippen LogP contribution in [0.2, 0.25) is 5.02 Å². The van der Waals surface area contributed by atoms with Gasteiger partial charge in [-0.2, -0.15) is 0 Å². The molecule has 0 aromatic heterocycles. The molecule has 1 aliphatic carbocycles. The van der Waals surface area contributed by atoms with E-state index in [2.05, 4.69) is 18.9 Å². The Morgan fingerprint density at radius 1 is 1.32 bits per heavy atom. The van der Waals surface area contributed by atoms with Crippen molar-refractivity contribution in [3.63, 3.8) is 0 Å². The number of benzene rings is 1. The van der Waals surface area contributed by atoms with Gasteiger partial charge in [0.1, 0.15) is 5.75 Å². The van der Waals surface area contributed by atoms with Gasteiger partial charge in [-0.3, -0.25) is 4.90 Å². The van der Waals surface area contributed by atoms with Gasteiger partial charge in [0, 0.05) is 23.2 Å². The van der Waals surface area contributed by atoms with Gasteiger partial charge >= 0.3 is 0 Å². The van der Waals surface area contributed by atoms with Crippen LogP contribution in [0.1, 0.15) is 50.6 Å². The van der Waals surface area contributed by atoms with Crippen molar-refractivity contribution in [2.24, 2.45) is 5.92 Å². The van der Waals surface area contributed by atoms with Gasteiger partial charge in [0.05, 0.1) is 0 Å². The number of phenolic OH excluding ortho intramolecular Hbond substituents is 1. The van der Waals surface area contributed by atoms with E-state index in [1.165, 1.54) is 32.1 Å². The molecule has 1 N–H and O–H groups in total. The van der Waals surface area contributed by atoms with Crippen LogP contribution in [0.4, 0.5) is 0 Å². The highest BCUT2D eigenvalue weighted by Gasteiger charge is 2.20. The molecule has 106 valence electrons. The molecule has 1 aliphatic rings. The molecule has 2 nitrogen and oxygen atoms in total. The summed E-state index contributed by atoms with van der Waals surface area (Å²) in [6.07, 6.45) is 6.83. The maximum absolute atomic E-state index is 9.97. The largest absolute Gasteiger partial charge is 0.508 e. The molecule has 2 rings (SSSR count). The second-order valence-electron chi connectivity index (χ2n) is 5.82. The van der Waals surface area contributed by atoms with Gasteiger partial charge in [0.15, 0.2) is 0 Å². The van der Waals surface area contributed by atoms with Gasteiger partial charge in [0.2, 0.25) is 0 Å². The molecule has 1 unspecified atom stereocenters. The van der Waals surface area contributed by atoms with E-state index in [0.29, 0.717) is 10.8 Å². The van der Waals surface area contributed by atoms with Crippen LogP contribution in [0.25, 0.3) is 0 Å². The Morgan fingerprint density at radius 2 is 2.00 bits per heavy atom. The van der Waals surface area contributed by atoms with Gasteiger partial charge < -0.3 is 5.11 Å². The Labute approximate surface area is 121 Å². The van der Waals surface area contributed by atoms with E-state index in [9.17, 15) is 5.11 Å². The number of hydrogen-bond acceptors (Lipinski definition) is 2. The Hall–Kier alpha value is -0.730. The molecule has 1 aromatic carbocycles. The predicted octanol–water partition coefficient (Wildman–Crippen LogP) is 4.62. The van der Waals surface area contributed by atoms with Crippen LogP contribution in [-0.4, -0.2) is 23.6 Å². The van der Waals surface area contributed by atoms with Crippen LogP contribution in [0.5, 0.6) is 5.75 Å². The number of halogens is 1. The summed E-state index contributed by atoms with van der Waals surface area (Å²) < 4.78 is 0. The average molecular weight is 282 g/mol. The summed E-state index contributed by atoms with van der Waals surface area (Å²) in [5.74, 6) is 1.15. The lowest BCUT2D eigenvalue weighted by atomic mass is 9.88. The van der Waals surface area contributed by atoms with E-state index in [0.717, 1.165) is 18.0 Å². The number of rotatable bonds is 4. The topological polar surface area (TPSA) is 23.5 Å². The third-order valence-electron chi connectivity index (χ3n) is 4.37. The fraction of sp³-hybridized carbons (Fsp3) is 0.625. The maximum Gasteiger partial charge on any atom is 0.120 e. The van der Waals surface area contributed by atoms with Crippen LogP contribution in [0.15, 0.2) is 18.2 Å². The zero-order valence-electron chi connectivity index (χ0n) is 11.9. The fourth-order valence-electron chi connectivity index (χ4n) is 3.03. The van der Waals surface area contributed by atoms with Gasteiger partial charge in [-0.05, 0) is 50.9 Å². The smallest absolute Gasteiger partial charge is 0.120 e. The summed E-state index contributed by atoms with van der Waals surface area (Å²) in [5.41, 5.74) is 0.922. The zero-order chi connectivity index (χ0) is 13.8. The van der Waals surface area contributed by atoms with Gasteiger partial charge in [0.25, 0.3) is 0 Å². The fourth-order valence-corrected chi connectivity index (χ4v) is 3.21. The number of nitrogens with zero attached hydrogens (tertiary/aromatic N) is 1. The van der Waals surface area contributed by atoms with E-state index in [1.807, 2.05) is 6.07 Å². The molecule has 1 atom stereocenters. The lowest BCUT2D eigenvalue weighted by Gasteiger charge is -2.31. The SMILES string of the molecule is CC(c1cc(Cl)ccc1O)N(C)CC1CCCCC1. The second-order valence-corrected chi connectivity index (χ2v) is 6.26. The normalized spacial score (nSPS) is 18.7. The number of aromatic hydroxyl groups is 1. The lowest BCUT2D eigenvalue weighted by Crippen LogP contribution is -2.29. The molecule has 0 spiro atoms. The molecular formula is C16H24ClNO. The quantitative estimate of drug-likeness (QED) is 0.870. The summed E-state index contributed by atoms with van der Waals surface area (Å²) in [4.78, 5) is 2.33. The van der Waals surface area contributed by atoms with Crippen LogP contribution >= 0.6 is 11.6 Å². The summed E-state index contributed by atoms with van der Waals surface area (Å²) >= 11 is 6.03. The van der Waals surface area contributed by atoms with Crippen molar-refractivity contribution in [3.8, 4) is 5.75 Å². The summed E-state index contributed by atoms with van der Waals surface area (Å²) in [6, 6.07) is 5.48. The molecule has 0 bridgehead atoms. The van der Waals surface area contributed by atoms with Crippen LogP contribution in [0, 0.1) is 5.92 Å². The maximum atomic E-state index is 9.97. The van der Waals surface area contributed by atoms with E-state index in [1.54, 1.807) is 12.1 Å². The first-order valence-electron chi connectivity index (χ1n) is 7.26. The molecule has 0 saturated heterocycles. The Bertz CT molecular complexity index is 415. The van der Waals surface area contributed by atoms with E-state index in [4.69, 9.17) is 11.6 Å². The summed E-state index contributed by atoms with van der Waals surface area (Å²) in [5, 5.41) is 10.7. The van der Waals surface area contributed by atoms with Crippen molar-refractivity contribution in [2.75, 3.05) is 13.6 Å². The third-order valence-corrected chi connectivity index (χ3v) is 4.61. The molecule has 3 heteroatoms. The molecule has 1 fully saturated rings. The van der Waals surface area contributed by atoms with Gasteiger partial charge in [-0.1, -0.05) is 30.9 Å². The zero-order valence-corrected chi connectivity index (χ0v) is 12.7. The highest BCUT2D eigenvalue weighted by molar-refractivity contribution is 6.30. The molecule has 1 aromatic rings. The molecule has 19 heavy (non-hydrogen) atoms. The minimum atomic E-state index is 0.195. The van der Waals surface area contributed by atoms with Gasteiger partial charge in [-0.15, -0.1) is 0 Å². The monoisotopic (exact) mass is 281 g/mol. The van der Waals surface area contributed by atoms with Gasteiger partial charge in [-0.25, -0.2) is 0 Å². The van der Waals surface area contributed by atoms with Crippen LogP contribution in [-0.2, 0) is 0 Å². The highest BCUT2D eigenvalue weighted by Crippen LogP contribution is 2.32. The van der Waals surface area contributed by atoms with Crippen LogP contribution < -0.4 is 0 Å². The van der Waals surface area contributed by atoms with E-state index >= 15 is 0 Å². The van der Waals surface area contributed by atoms with E-state index < -0.39 is 0 Å². The second kappa shape index (κ2) is 6.62. The highest BCUT2D eigenvalue weighted by atomic mass is 35.5. The molecule has 0 radical (unpaired) electrons. The van der Waals surface area contributed by atoms with Crippen molar-refractivity contribution >= 4 is 11.6 Å². The number of phenols is 1. The Kier molecular flexibility index (Phi) is 5.12. The van der Waals surface area contributed by atoms with Crippen molar-refractivity contribution < 1.29 is 5.11 Å². The standard InChI is InChI=1S/C16H24ClNO/c1-12(15-10-14(17)8-9-16(15)19)18(2)11-13-6-4-3-5-7-13/h8-10,12-13,19H,3-7,11H2,1-2H3. The van der Waals surface area contributed by atoms with Crippen LogP contribution in [0.3, 0.4) is 0 Å². The average Bonchev–Trinajstić information content (AvgIpc) is 2.42. The lowest BCUT2D eigenvalue weighted by molar-refractivity contribution is 0.190. The first-order chi connectivity index (χ1) is 9.08. The predicted molar refractivity (Wildman–Crippen MR) is 80.7 cm³/mol. The molecule has 1 saturated carbocycles. The molecule has 0 aliphatic heterocycles. The third kappa shape index (κ3) is 3.87. The molecular weight excluding hydrogens is 258 g/mol. The first-order valence-corrected chi connectivity index (χ1v) is 7.64. The summed E-state index contributed by atoms with van der Waals surface area (Å²) in [7, 11) is 2.14. The number of hydrogen-bond donors (Lipinski definition) is 1. The van der Waals surface area contributed by atoms with Crippen molar-refractivity contribution in [1.29, 1.82) is 0 Å². The molecule has 0 heterocycles. The Morgan fingerprint density at radius 3 is 2.68 bits per heavy atom. The molecule has 0 amide bonds. The van der Waals surface area contributed by atoms with Crippen molar-refractivity contribution in [1.82, 2.24) is 4.90 Å². The minimum absolute atomic E-state index is 0.195. The van der Waals surface area contributed by atoms with E-state index in [-0.39, 0.29) is 6.04 Å². The minimum Gasteiger partial charge on any atom is -0.508 e.